The molecule has 0 aliphatic carbocycles. The maximum absolute atomic E-state index is 12.3. The third-order valence-electron chi connectivity index (χ3n) is 2.83. The molecule has 1 aromatic carbocycles. The lowest BCUT2D eigenvalue weighted by molar-refractivity contribution is 0.0752. The molecular formula is C15H23NO. The lowest BCUT2D eigenvalue weighted by Crippen LogP contribution is -2.32. The third kappa shape index (κ3) is 4.59. The fourth-order valence-electron chi connectivity index (χ4n) is 1.90. The summed E-state index contributed by atoms with van der Waals surface area (Å²) in [4.78, 5) is 14.2. The molecule has 0 unspecified atom stereocenters. The van der Waals surface area contributed by atoms with E-state index in [1.165, 1.54) is 12.8 Å². The minimum absolute atomic E-state index is 0.170. The van der Waals surface area contributed by atoms with Gasteiger partial charge in [-0.2, -0.15) is 0 Å². The molecule has 0 spiro atoms. The second-order valence-corrected chi connectivity index (χ2v) is 4.37. The standard InChI is InChI=1S/C15H23NO/c1-3-5-9-13-16(12-4-2)15(17)14-10-7-6-8-11-14/h6-8,10-11H,3-5,9,12-13H2,1-2H3. The largest absolute Gasteiger partial charge is 0.339 e. The van der Waals surface area contributed by atoms with Gasteiger partial charge in [0.05, 0.1) is 0 Å². The highest BCUT2D eigenvalue weighted by atomic mass is 16.2. The number of unbranched alkanes of at least 4 members (excludes halogenated alkanes) is 2. The second-order valence-electron chi connectivity index (χ2n) is 4.37. The maximum Gasteiger partial charge on any atom is 0.253 e. The summed E-state index contributed by atoms with van der Waals surface area (Å²) in [5, 5.41) is 0. The number of benzene rings is 1. The van der Waals surface area contributed by atoms with E-state index in [4.69, 9.17) is 0 Å². The van der Waals surface area contributed by atoms with Gasteiger partial charge < -0.3 is 4.90 Å². The molecule has 2 nitrogen and oxygen atoms in total. The van der Waals surface area contributed by atoms with Gasteiger partial charge in [-0.25, -0.2) is 0 Å². The number of amides is 1. The molecule has 0 saturated carbocycles. The summed E-state index contributed by atoms with van der Waals surface area (Å²) in [6.07, 6.45) is 4.52. The maximum atomic E-state index is 12.3. The number of hydrogen-bond donors (Lipinski definition) is 0. The van der Waals surface area contributed by atoms with Crippen LogP contribution in [0.5, 0.6) is 0 Å². The molecule has 0 radical (unpaired) electrons. The third-order valence-corrected chi connectivity index (χ3v) is 2.83. The Balaban J connectivity index is 2.60. The van der Waals surface area contributed by atoms with Crippen molar-refractivity contribution in [2.24, 2.45) is 0 Å². The summed E-state index contributed by atoms with van der Waals surface area (Å²) < 4.78 is 0. The fourth-order valence-corrected chi connectivity index (χ4v) is 1.90. The van der Waals surface area contributed by atoms with E-state index < -0.39 is 0 Å². The summed E-state index contributed by atoms with van der Waals surface area (Å²) in [7, 11) is 0. The highest BCUT2D eigenvalue weighted by Gasteiger charge is 2.13. The number of carbonyl (C=O) groups is 1. The van der Waals surface area contributed by atoms with Crippen LogP contribution in [0.3, 0.4) is 0 Å². The SMILES string of the molecule is CCCCCN(CCC)C(=O)c1ccccc1. The van der Waals surface area contributed by atoms with E-state index in [0.717, 1.165) is 31.5 Å². The molecule has 17 heavy (non-hydrogen) atoms. The molecule has 0 N–H and O–H groups in total. The van der Waals surface area contributed by atoms with Crippen LogP contribution in [-0.4, -0.2) is 23.9 Å². The Labute approximate surface area is 105 Å². The topological polar surface area (TPSA) is 20.3 Å². The highest BCUT2D eigenvalue weighted by molar-refractivity contribution is 5.94. The van der Waals surface area contributed by atoms with Crippen molar-refractivity contribution in [1.29, 1.82) is 0 Å². The van der Waals surface area contributed by atoms with Gasteiger partial charge in [0.2, 0.25) is 0 Å². The van der Waals surface area contributed by atoms with Gasteiger partial charge in [0, 0.05) is 18.7 Å². The number of nitrogens with zero attached hydrogens (tertiary/aromatic N) is 1. The number of carbonyl (C=O) groups excluding carboxylic acids is 1. The molecule has 2 heteroatoms. The zero-order valence-electron chi connectivity index (χ0n) is 11.0. The average Bonchev–Trinajstić information content (AvgIpc) is 2.38. The summed E-state index contributed by atoms with van der Waals surface area (Å²) in [6.45, 7) is 6.04. The minimum atomic E-state index is 0.170. The van der Waals surface area contributed by atoms with Gasteiger partial charge in [-0.05, 0) is 25.0 Å². The van der Waals surface area contributed by atoms with E-state index in [-0.39, 0.29) is 5.91 Å². The molecule has 1 amide bonds. The van der Waals surface area contributed by atoms with Crippen molar-refractivity contribution in [3.63, 3.8) is 0 Å². The van der Waals surface area contributed by atoms with Gasteiger partial charge in [0.1, 0.15) is 0 Å². The molecular weight excluding hydrogens is 210 g/mol. The first kappa shape index (κ1) is 13.8. The van der Waals surface area contributed by atoms with Crippen molar-refractivity contribution in [2.75, 3.05) is 13.1 Å². The van der Waals surface area contributed by atoms with Crippen LogP contribution < -0.4 is 0 Å². The lowest BCUT2D eigenvalue weighted by atomic mass is 10.1. The predicted molar refractivity (Wildman–Crippen MR) is 72.2 cm³/mol. The smallest absolute Gasteiger partial charge is 0.253 e. The molecule has 0 heterocycles. The Morgan fingerprint density at radius 3 is 2.29 bits per heavy atom. The van der Waals surface area contributed by atoms with E-state index in [0.29, 0.717) is 0 Å². The quantitative estimate of drug-likeness (QED) is 0.657. The van der Waals surface area contributed by atoms with Crippen molar-refractivity contribution < 1.29 is 4.79 Å². The Morgan fingerprint density at radius 1 is 1.00 bits per heavy atom. The Morgan fingerprint density at radius 2 is 1.71 bits per heavy atom. The van der Waals surface area contributed by atoms with E-state index in [1.54, 1.807) is 0 Å². The summed E-state index contributed by atoms with van der Waals surface area (Å²) >= 11 is 0. The second kappa shape index (κ2) is 7.88. The van der Waals surface area contributed by atoms with Gasteiger partial charge in [0.15, 0.2) is 0 Å². The molecule has 0 saturated heterocycles. The average molecular weight is 233 g/mol. The molecule has 0 aliphatic rings. The first-order chi connectivity index (χ1) is 8.29. The molecule has 0 atom stereocenters. The van der Waals surface area contributed by atoms with Gasteiger partial charge >= 0.3 is 0 Å². The predicted octanol–water partition coefficient (Wildman–Crippen LogP) is 3.73. The Kier molecular flexibility index (Phi) is 6.38. The van der Waals surface area contributed by atoms with Gasteiger partial charge in [-0.1, -0.05) is 44.9 Å². The van der Waals surface area contributed by atoms with Crippen LogP contribution in [0.25, 0.3) is 0 Å². The van der Waals surface area contributed by atoms with Crippen LogP contribution in [0.2, 0.25) is 0 Å². The molecule has 1 aromatic rings. The monoisotopic (exact) mass is 233 g/mol. The highest BCUT2D eigenvalue weighted by Crippen LogP contribution is 2.07. The first-order valence-corrected chi connectivity index (χ1v) is 6.64. The lowest BCUT2D eigenvalue weighted by Gasteiger charge is -2.22. The molecule has 0 aromatic heterocycles. The van der Waals surface area contributed by atoms with Crippen LogP contribution in [0.1, 0.15) is 49.9 Å². The van der Waals surface area contributed by atoms with Crippen molar-refractivity contribution in [3.8, 4) is 0 Å². The number of hydrogen-bond acceptors (Lipinski definition) is 1. The molecule has 0 aliphatic heterocycles. The Hall–Kier alpha value is -1.31. The minimum Gasteiger partial charge on any atom is -0.339 e. The zero-order chi connectivity index (χ0) is 12.5. The van der Waals surface area contributed by atoms with Crippen LogP contribution in [0, 0.1) is 0 Å². The summed E-state index contributed by atoms with van der Waals surface area (Å²) in [6, 6.07) is 9.57. The van der Waals surface area contributed by atoms with Crippen LogP contribution in [-0.2, 0) is 0 Å². The van der Waals surface area contributed by atoms with E-state index in [1.807, 2.05) is 35.2 Å². The van der Waals surface area contributed by atoms with Crippen molar-refractivity contribution in [3.05, 3.63) is 35.9 Å². The number of rotatable bonds is 7. The molecule has 1 rings (SSSR count). The summed E-state index contributed by atoms with van der Waals surface area (Å²) in [5.74, 6) is 0.170. The fraction of sp³-hybridized carbons (Fsp3) is 0.533. The van der Waals surface area contributed by atoms with E-state index in [2.05, 4.69) is 13.8 Å². The molecule has 0 fully saturated rings. The van der Waals surface area contributed by atoms with Crippen molar-refractivity contribution in [1.82, 2.24) is 4.90 Å². The van der Waals surface area contributed by atoms with Crippen molar-refractivity contribution >= 4 is 5.91 Å². The van der Waals surface area contributed by atoms with Crippen molar-refractivity contribution in [2.45, 2.75) is 39.5 Å². The zero-order valence-corrected chi connectivity index (χ0v) is 11.0. The van der Waals surface area contributed by atoms with E-state index >= 15 is 0 Å². The molecule has 0 bridgehead atoms. The first-order valence-electron chi connectivity index (χ1n) is 6.64. The van der Waals surface area contributed by atoms with E-state index in [9.17, 15) is 4.79 Å². The van der Waals surface area contributed by atoms with Gasteiger partial charge in [-0.3, -0.25) is 4.79 Å². The van der Waals surface area contributed by atoms with Gasteiger partial charge in [0.25, 0.3) is 5.91 Å². The van der Waals surface area contributed by atoms with Gasteiger partial charge in [-0.15, -0.1) is 0 Å². The van der Waals surface area contributed by atoms with Crippen LogP contribution in [0.15, 0.2) is 30.3 Å². The normalized spacial score (nSPS) is 10.2. The van der Waals surface area contributed by atoms with Crippen LogP contribution >= 0.6 is 0 Å². The Bertz CT molecular complexity index is 321. The summed E-state index contributed by atoms with van der Waals surface area (Å²) in [5.41, 5.74) is 0.803. The van der Waals surface area contributed by atoms with Crippen LogP contribution in [0.4, 0.5) is 0 Å². The molecule has 94 valence electrons.